The first-order valence-corrected chi connectivity index (χ1v) is 12.9. The molecule has 1 aromatic carbocycles. The lowest BCUT2D eigenvalue weighted by Gasteiger charge is -2.35. The van der Waals surface area contributed by atoms with E-state index in [1.807, 2.05) is 6.07 Å². The highest BCUT2D eigenvalue weighted by Crippen LogP contribution is 2.39. The summed E-state index contributed by atoms with van der Waals surface area (Å²) < 4.78 is 26.5. The number of benzene rings is 1. The van der Waals surface area contributed by atoms with Crippen molar-refractivity contribution in [3.05, 3.63) is 23.2 Å². The van der Waals surface area contributed by atoms with E-state index in [1.165, 1.54) is 0 Å². The third-order valence-corrected chi connectivity index (χ3v) is 9.63. The maximum Gasteiger partial charge on any atom is 0.224 e. The number of carbonyl (C=O) groups is 1. The molecule has 0 bridgehead atoms. The number of nitrogens with zero attached hydrogens (tertiary/aromatic N) is 3. The van der Waals surface area contributed by atoms with Crippen LogP contribution in [0.3, 0.4) is 0 Å². The summed E-state index contributed by atoms with van der Waals surface area (Å²) in [7, 11) is -3.63. The standard InChI is InChI=1S/C22H29ClN4O3S/c1-2-26-9-11-27(12-10-26)17-4-6-20(19(23)14-17)31(29,30)18-5-3-16(13-18)21(28)25-22(15-24)7-8-22/h4,6,14,16,18H,2-3,5,7-13H2,1H3,(H,25,28)/t16-,18-/m1/s1. The number of nitriles is 1. The van der Waals surface area contributed by atoms with E-state index >= 15 is 0 Å². The maximum atomic E-state index is 13.3. The highest BCUT2D eigenvalue weighted by atomic mass is 35.5. The molecule has 3 fully saturated rings. The molecule has 1 aliphatic heterocycles. The van der Waals surface area contributed by atoms with E-state index in [-0.39, 0.29) is 28.2 Å². The van der Waals surface area contributed by atoms with Gasteiger partial charge in [-0.05, 0) is 56.8 Å². The molecule has 2 aliphatic carbocycles. The Morgan fingerprint density at radius 1 is 1.26 bits per heavy atom. The SMILES string of the molecule is CCN1CCN(c2ccc(S(=O)(=O)[C@@H]3CC[C@@H](C(=O)NC4(C#N)CC4)C3)c(Cl)c2)CC1. The minimum Gasteiger partial charge on any atom is -0.369 e. The monoisotopic (exact) mass is 464 g/mol. The second-order valence-electron chi connectivity index (χ2n) is 8.90. The van der Waals surface area contributed by atoms with Crippen LogP contribution in [-0.2, 0) is 14.6 Å². The summed E-state index contributed by atoms with van der Waals surface area (Å²) in [6, 6.07) is 7.34. The molecule has 0 spiro atoms. The van der Waals surface area contributed by atoms with Crippen molar-refractivity contribution in [1.82, 2.24) is 10.2 Å². The van der Waals surface area contributed by atoms with Gasteiger partial charge in [0.1, 0.15) is 5.54 Å². The van der Waals surface area contributed by atoms with Gasteiger partial charge in [0.2, 0.25) is 5.91 Å². The Balaban J connectivity index is 1.43. The molecule has 9 heteroatoms. The van der Waals surface area contributed by atoms with Crippen LogP contribution in [0, 0.1) is 17.2 Å². The fourth-order valence-corrected chi connectivity index (χ4v) is 6.98. The van der Waals surface area contributed by atoms with E-state index in [1.54, 1.807) is 12.1 Å². The number of amides is 1. The third kappa shape index (κ3) is 4.55. The molecule has 1 N–H and O–H groups in total. The Hall–Kier alpha value is -1.82. The molecule has 0 radical (unpaired) electrons. The molecular formula is C22H29ClN4O3S. The lowest BCUT2D eigenvalue weighted by atomic mass is 10.1. The van der Waals surface area contributed by atoms with E-state index < -0.39 is 20.6 Å². The quantitative estimate of drug-likeness (QED) is 0.695. The van der Waals surface area contributed by atoms with Crippen molar-refractivity contribution >= 4 is 33.0 Å². The van der Waals surface area contributed by atoms with Gasteiger partial charge in [-0.25, -0.2) is 8.42 Å². The molecule has 168 valence electrons. The van der Waals surface area contributed by atoms with E-state index in [0.29, 0.717) is 25.7 Å². The van der Waals surface area contributed by atoms with Gasteiger partial charge < -0.3 is 15.1 Å². The van der Waals surface area contributed by atoms with Crippen LogP contribution in [0.25, 0.3) is 0 Å². The fourth-order valence-electron chi connectivity index (χ4n) is 4.61. The molecule has 31 heavy (non-hydrogen) atoms. The zero-order valence-corrected chi connectivity index (χ0v) is 19.4. The van der Waals surface area contributed by atoms with E-state index in [9.17, 15) is 13.2 Å². The Kier molecular flexibility index (Phi) is 6.21. The Labute approximate surface area is 189 Å². The van der Waals surface area contributed by atoms with Gasteiger partial charge in [0.15, 0.2) is 9.84 Å². The lowest BCUT2D eigenvalue weighted by molar-refractivity contribution is -0.125. The first kappa shape index (κ1) is 22.4. The average Bonchev–Trinajstić information content (AvgIpc) is 3.34. The fraction of sp³-hybridized carbons (Fsp3) is 0.636. The Morgan fingerprint density at radius 3 is 2.55 bits per heavy atom. The average molecular weight is 465 g/mol. The van der Waals surface area contributed by atoms with Crippen LogP contribution in [0.4, 0.5) is 5.69 Å². The molecule has 2 atom stereocenters. The molecule has 7 nitrogen and oxygen atoms in total. The van der Waals surface area contributed by atoms with Gasteiger partial charge in [-0.2, -0.15) is 5.26 Å². The van der Waals surface area contributed by atoms with Crippen molar-refractivity contribution in [2.24, 2.45) is 5.92 Å². The summed E-state index contributed by atoms with van der Waals surface area (Å²) in [6.45, 7) is 6.92. The Bertz CT molecular complexity index is 994. The Morgan fingerprint density at radius 2 is 1.97 bits per heavy atom. The number of halogens is 1. The van der Waals surface area contributed by atoms with Gasteiger partial charge >= 0.3 is 0 Å². The van der Waals surface area contributed by atoms with Crippen LogP contribution in [0.5, 0.6) is 0 Å². The van der Waals surface area contributed by atoms with Gasteiger partial charge in [0, 0.05) is 37.8 Å². The number of piperazine rings is 1. The minimum absolute atomic E-state index is 0.145. The highest BCUT2D eigenvalue weighted by Gasteiger charge is 2.47. The first-order valence-electron chi connectivity index (χ1n) is 11.0. The second-order valence-corrected chi connectivity index (χ2v) is 11.5. The van der Waals surface area contributed by atoms with Crippen molar-refractivity contribution in [1.29, 1.82) is 5.26 Å². The molecule has 0 aromatic heterocycles. The summed E-state index contributed by atoms with van der Waals surface area (Å²) >= 11 is 6.45. The normalized spacial score (nSPS) is 25.8. The van der Waals surface area contributed by atoms with E-state index in [4.69, 9.17) is 16.9 Å². The summed E-state index contributed by atoms with van der Waals surface area (Å²) in [5.74, 6) is -0.581. The smallest absolute Gasteiger partial charge is 0.224 e. The predicted molar refractivity (Wildman–Crippen MR) is 120 cm³/mol. The van der Waals surface area contributed by atoms with Gasteiger partial charge in [0.05, 0.1) is 21.2 Å². The number of nitrogens with one attached hydrogen (secondary N) is 1. The molecule has 1 heterocycles. The van der Waals surface area contributed by atoms with Crippen molar-refractivity contribution in [2.45, 2.75) is 54.7 Å². The van der Waals surface area contributed by atoms with Gasteiger partial charge in [-0.3, -0.25) is 4.79 Å². The molecule has 1 aromatic rings. The number of hydrogen-bond donors (Lipinski definition) is 1. The summed E-state index contributed by atoms with van der Waals surface area (Å²) in [5.41, 5.74) is 0.213. The number of anilines is 1. The van der Waals surface area contributed by atoms with Crippen LogP contribution < -0.4 is 10.2 Å². The van der Waals surface area contributed by atoms with E-state index in [2.05, 4.69) is 28.1 Å². The third-order valence-electron chi connectivity index (χ3n) is 6.93. The molecule has 4 rings (SSSR count). The van der Waals surface area contributed by atoms with Gasteiger partial charge in [-0.1, -0.05) is 18.5 Å². The number of likely N-dealkylation sites (N-methyl/N-ethyl adjacent to an activating group) is 1. The minimum atomic E-state index is -3.63. The van der Waals surface area contributed by atoms with Crippen LogP contribution in [-0.4, -0.2) is 62.7 Å². The number of sulfone groups is 1. The lowest BCUT2D eigenvalue weighted by Crippen LogP contribution is -2.46. The molecule has 0 unspecified atom stereocenters. The maximum absolute atomic E-state index is 13.3. The largest absolute Gasteiger partial charge is 0.369 e. The topological polar surface area (TPSA) is 93.5 Å². The second kappa shape index (κ2) is 8.61. The molecule has 2 saturated carbocycles. The number of rotatable bonds is 6. The van der Waals surface area contributed by atoms with Crippen LogP contribution in [0.2, 0.25) is 5.02 Å². The molecule has 1 amide bonds. The van der Waals surface area contributed by atoms with Crippen LogP contribution >= 0.6 is 11.6 Å². The summed E-state index contributed by atoms with van der Waals surface area (Å²) in [5, 5.41) is 11.6. The predicted octanol–water partition coefficient (Wildman–Crippen LogP) is 2.60. The van der Waals surface area contributed by atoms with Crippen molar-refractivity contribution in [3.63, 3.8) is 0 Å². The molecule has 3 aliphatic rings. The van der Waals surface area contributed by atoms with Crippen LogP contribution in [0.15, 0.2) is 23.1 Å². The first-order chi connectivity index (χ1) is 14.8. The molecule has 1 saturated heterocycles. The van der Waals surface area contributed by atoms with Crippen LogP contribution in [0.1, 0.15) is 39.0 Å². The van der Waals surface area contributed by atoms with E-state index in [0.717, 1.165) is 38.4 Å². The number of hydrogen-bond acceptors (Lipinski definition) is 6. The zero-order chi connectivity index (χ0) is 22.2. The molecular weight excluding hydrogens is 436 g/mol. The van der Waals surface area contributed by atoms with Crippen molar-refractivity contribution < 1.29 is 13.2 Å². The van der Waals surface area contributed by atoms with Crippen molar-refractivity contribution in [3.8, 4) is 6.07 Å². The summed E-state index contributed by atoms with van der Waals surface area (Å²) in [4.78, 5) is 17.3. The number of carbonyl (C=O) groups excluding carboxylic acids is 1. The van der Waals surface area contributed by atoms with Crippen molar-refractivity contribution in [2.75, 3.05) is 37.6 Å². The van der Waals surface area contributed by atoms with Gasteiger partial charge in [-0.15, -0.1) is 0 Å². The zero-order valence-electron chi connectivity index (χ0n) is 17.8. The highest BCUT2D eigenvalue weighted by molar-refractivity contribution is 7.92. The summed E-state index contributed by atoms with van der Waals surface area (Å²) in [6.07, 6.45) is 2.54. The van der Waals surface area contributed by atoms with Gasteiger partial charge in [0.25, 0.3) is 0 Å².